The second-order valence-electron chi connectivity index (χ2n) is 12.3. The summed E-state index contributed by atoms with van der Waals surface area (Å²) in [5.74, 6) is -0.0442. The first-order chi connectivity index (χ1) is 24.6. The van der Waals surface area contributed by atoms with E-state index in [9.17, 15) is 19.5 Å². The van der Waals surface area contributed by atoms with Crippen LogP contribution in [-0.4, -0.2) is 63.6 Å². The van der Waals surface area contributed by atoms with Crippen molar-refractivity contribution in [2.45, 2.75) is 44.5 Å². The summed E-state index contributed by atoms with van der Waals surface area (Å²) in [4.78, 5) is 44.9. The van der Waals surface area contributed by atoms with Crippen LogP contribution in [0.25, 0.3) is 39.2 Å². The lowest BCUT2D eigenvalue weighted by Gasteiger charge is -2.16. The number of amides is 2. The second-order valence-corrected chi connectivity index (χ2v) is 13.1. The number of ether oxygens (including phenoxy) is 1. The monoisotopic (exact) mass is 729 g/mol. The molecule has 1 fully saturated rings. The SMILES string of the molecule is COc1nc(-c2cccc(-c3cccc(-c4ccn5c(=O)c(CNC[C@H](O)CC(N)=O)cnc5c4)c3Cl)c2Cl)ccc1CNC[C@H]1CCC(=O)N1. The average molecular weight is 731 g/mol. The van der Waals surface area contributed by atoms with Crippen molar-refractivity contribution in [1.82, 2.24) is 30.3 Å². The molecule has 3 aromatic heterocycles. The quantitative estimate of drug-likeness (QED) is 0.113. The summed E-state index contributed by atoms with van der Waals surface area (Å²) in [6.07, 6.45) is 3.39. The van der Waals surface area contributed by atoms with Crippen molar-refractivity contribution in [2.75, 3.05) is 20.2 Å². The highest BCUT2D eigenvalue weighted by atomic mass is 35.5. The number of aliphatic hydroxyl groups excluding tert-OH is 1. The summed E-state index contributed by atoms with van der Waals surface area (Å²) in [7, 11) is 1.58. The number of carbonyl (C=O) groups is 2. The number of benzene rings is 2. The van der Waals surface area contributed by atoms with Crippen LogP contribution >= 0.6 is 23.2 Å². The molecule has 0 aliphatic carbocycles. The lowest BCUT2D eigenvalue weighted by molar-refractivity contribution is -0.120. The molecular weight excluding hydrogens is 693 g/mol. The first-order valence-corrected chi connectivity index (χ1v) is 17.2. The van der Waals surface area contributed by atoms with E-state index >= 15 is 0 Å². The number of hydrogen-bond acceptors (Lipinski definition) is 9. The number of aliphatic hydroxyl groups is 1. The number of nitrogens with one attached hydrogen (secondary N) is 3. The van der Waals surface area contributed by atoms with E-state index in [0.717, 1.165) is 34.2 Å². The molecule has 0 radical (unpaired) electrons. The number of carbonyl (C=O) groups excluding carboxylic acids is 2. The molecule has 2 atom stereocenters. The molecule has 51 heavy (non-hydrogen) atoms. The van der Waals surface area contributed by atoms with Gasteiger partial charge >= 0.3 is 0 Å². The van der Waals surface area contributed by atoms with Crippen LogP contribution in [-0.2, 0) is 22.7 Å². The average Bonchev–Trinajstić information content (AvgIpc) is 3.54. The van der Waals surface area contributed by atoms with E-state index in [2.05, 4.69) is 20.9 Å². The Morgan fingerprint density at radius 2 is 1.73 bits per heavy atom. The number of fused-ring (bicyclic) bond motifs is 1. The molecule has 1 aliphatic rings. The summed E-state index contributed by atoms with van der Waals surface area (Å²) < 4.78 is 7.07. The number of rotatable bonds is 14. The van der Waals surface area contributed by atoms with Gasteiger partial charge in [-0.05, 0) is 30.2 Å². The number of methoxy groups -OCH3 is 1. The van der Waals surface area contributed by atoms with Crippen molar-refractivity contribution >= 4 is 40.7 Å². The van der Waals surface area contributed by atoms with Gasteiger partial charge in [-0.25, -0.2) is 9.97 Å². The number of nitrogens with zero attached hydrogens (tertiary/aromatic N) is 3. The smallest absolute Gasteiger partial charge is 0.262 e. The summed E-state index contributed by atoms with van der Waals surface area (Å²) in [6.45, 7) is 1.45. The second kappa shape index (κ2) is 16.0. The Balaban J connectivity index is 1.22. The molecule has 4 heterocycles. The maximum atomic E-state index is 13.2. The molecule has 2 amide bonds. The van der Waals surface area contributed by atoms with Crippen molar-refractivity contribution in [1.29, 1.82) is 0 Å². The molecule has 0 saturated carbocycles. The van der Waals surface area contributed by atoms with Crippen LogP contribution in [0.15, 0.2) is 77.9 Å². The summed E-state index contributed by atoms with van der Waals surface area (Å²) in [6, 6.07) is 18.9. The Morgan fingerprint density at radius 3 is 2.43 bits per heavy atom. The highest BCUT2D eigenvalue weighted by Gasteiger charge is 2.21. The summed E-state index contributed by atoms with van der Waals surface area (Å²) in [5.41, 5.74) is 10.8. The van der Waals surface area contributed by atoms with Crippen molar-refractivity contribution in [2.24, 2.45) is 5.73 Å². The maximum Gasteiger partial charge on any atom is 0.262 e. The largest absolute Gasteiger partial charge is 0.481 e. The Bertz CT molecular complexity index is 2160. The van der Waals surface area contributed by atoms with E-state index in [4.69, 9.17) is 38.7 Å². The zero-order valence-electron chi connectivity index (χ0n) is 27.8. The highest BCUT2D eigenvalue weighted by molar-refractivity contribution is 6.39. The third-order valence-electron chi connectivity index (χ3n) is 8.71. The van der Waals surface area contributed by atoms with Crippen molar-refractivity contribution < 1.29 is 19.4 Å². The maximum absolute atomic E-state index is 13.2. The van der Waals surface area contributed by atoms with Crippen LogP contribution in [0.1, 0.15) is 30.4 Å². The topological polar surface area (TPSA) is 173 Å². The molecule has 5 aromatic rings. The lowest BCUT2D eigenvalue weighted by Crippen LogP contribution is -2.35. The highest BCUT2D eigenvalue weighted by Crippen LogP contribution is 2.42. The third-order valence-corrected chi connectivity index (χ3v) is 9.53. The van der Waals surface area contributed by atoms with Gasteiger partial charge in [0.15, 0.2) is 0 Å². The van der Waals surface area contributed by atoms with Crippen molar-refractivity contribution in [3.8, 4) is 39.4 Å². The number of aromatic nitrogens is 3. The molecule has 0 unspecified atom stereocenters. The van der Waals surface area contributed by atoms with Gasteiger partial charge in [-0.3, -0.25) is 18.8 Å². The molecule has 6 rings (SSSR count). The third kappa shape index (κ3) is 8.22. The minimum absolute atomic E-state index is 0.0841. The zero-order valence-corrected chi connectivity index (χ0v) is 29.3. The number of nitrogens with two attached hydrogens (primary N) is 1. The molecule has 2 aromatic carbocycles. The van der Waals surface area contributed by atoms with E-state index in [0.29, 0.717) is 57.9 Å². The van der Waals surface area contributed by atoms with E-state index in [1.165, 1.54) is 10.6 Å². The van der Waals surface area contributed by atoms with Gasteiger partial charge in [-0.15, -0.1) is 0 Å². The van der Waals surface area contributed by atoms with Crippen LogP contribution in [0.5, 0.6) is 5.88 Å². The summed E-state index contributed by atoms with van der Waals surface area (Å²) in [5, 5.41) is 20.1. The van der Waals surface area contributed by atoms with Crippen LogP contribution in [0.3, 0.4) is 0 Å². The van der Waals surface area contributed by atoms with E-state index in [1.807, 2.05) is 48.5 Å². The van der Waals surface area contributed by atoms with Gasteiger partial charge < -0.3 is 31.5 Å². The molecule has 12 nitrogen and oxygen atoms in total. The van der Waals surface area contributed by atoms with Crippen molar-refractivity contribution in [3.05, 3.63) is 105 Å². The lowest BCUT2D eigenvalue weighted by atomic mass is 9.97. The molecule has 264 valence electrons. The van der Waals surface area contributed by atoms with Gasteiger partial charge in [0.25, 0.3) is 5.56 Å². The van der Waals surface area contributed by atoms with Crippen LogP contribution in [0.4, 0.5) is 0 Å². The van der Waals surface area contributed by atoms with Gasteiger partial charge in [-0.1, -0.05) is 65.7 Å². The van der Waals surface area contributed by atoms with Crippen molar-refractivity contribution in [3.63, 3.8) is 0 Å². The van der Waals surface area contributed by atoms with E-state index in [1.54, 1.807) is 25.4 Å². The minimum Gasteiger partial charge on any atom is -0.481 e. The normalized spacial score (nSPS) is 14.8. The molecule has 14 heteroatoms. The number of pyridine rings is 2. The molecule has 6 N–H and O–H groups in total. The first kappa shape index (κ1) is 36.0. The first-order valence-electron chi connectivity index (χ1n) is 16.4. The Labute approximate surface area is 304 Å². The van der Waals surface area contributed by atoms with Gasteiger partial charge in [0, 0.05) is 84.4 Å². The molecular formula is C37H37Cl2N7O5. The summed E-state index contributed by atoms with van der Waals surface area (Å²) >= 11 is 14.1. The molecule has 0 spiro atoms. The van der Waals surface area contributed by atoms with Crippen LogP contribution in [0, 0.1) is 0 Å². The standard InChI is InChI=1S/C37H37Cl2N7O5/c1-51-36-22(16-41-19-24-9-11-33(49)44-24)8-10-30(45-36)29-7-3-6-28(35(29)39)27-5-2-4-26(34(27)38)21-12-13-46-32(14-21)43-18-23(37(46)50)17-42-20-25(47)15-31(40)48/h2-8,10,12-14,18,24-25,41-42,47H,9,11,15-17,19-20H2,1H3,(H2,40,48)(H,44,49)/t24-,25-/m1/s1. The van der Waals surface area contributed by atoms with Gasteiger partial charge in [0.1, 0.15) is 5.65 Å². The molecule has 0 bridgehead atoms. The predicted molar refractivity (Wildman–Crippen MR) is 197 cm³/mol. The van der Waals surface area contributed by atoms with Gasteiger partial charge in [-0.2, -0.15) is 0 Å². The Morgan fingerprint density at radius 1 is 1.02 bits per heavy atom. The minimum atomic E-state index is -0.946. The Hall–Kier alpha value is -4.85. The van der Waals surface area contributed by atoms with Gasteiger partial charge in [0.05, 0.1) is 35.4 Å². The fourth-order valence-electron chi connectivity index (χ4n) is 6.12. The van der Waals surface area contributed by atoms with Crippen LogP contribution < -0.4 is 32.0 Å². The number of primary amides is 1. The predicted octanol–water partition coefficient (Wildman–Crippen LogP) is 4.10. The van der Waals surface area contributed by atoms with E-state index < -0.39 is 12.0 Å². The zero-order chi connectivity index (χ0) is 36.1. The fraction of sp³-hybridized carbons (Fsp3) is 0.270. The fourth-order valence-corrected chi connectivity index (χ4v) is 6.78. The van der Waals surface area contributed by atoms with E-state index in [-0.39, 0.29) is 37.0 Å². The van der Waals surface area contributed by atoms with Crippen LogP contribution in [0.2, 0.25) is 10.0 Å². The number of hydrogen-bond donors (Lipinski definition) is 5. The molecule has 1 saturated heterocycles. The molecule has 1 aliphatic heterocycles. The van der Waals surface area contributed by atoms with Gasteiger partial charge in [0.2, 0.25) is 17.7 Å². The Kier molecular flexibility index (Phi) is 11.3. The number of halogens is 2.